The molecule has 0 spiro atoms. The number of fused-ring (bicyclic) bond motifs is 4. The Labute approximate surface area is 176 Å². The number of aromatic amines is 1. The first-order chi connectivity index (χ1) is 14.8. The third-order valence-corrected chi connectivity index (χ3v) is 6.32. The van der Waals surface area contributed by atoms with Gasteiger partial charge in [-0.05, 0) is 62.4 Å². The van der Waals surface area contributed by atoms with E-state index in [-0.39, 0.29) is 6.61 Å². The molecule has 0 aliphatic heterocycles. The Morgan fingerprint density at radius 1 is 1.00 bits per heavy atom. The molecule has 5 heteroatoms. The molecule has 4 aromatic rings. The number of unbranched alkanes of at least 4 members (excludes halogenated alkanes) is 1. The Bertz CT molecular complexity index is 1150. The number of aromatic nitrogens is 3. The van der Waals surface area contributed by atoms with Gasteiger partial charge in [-0.15, -0.1) is 0 Å². The van der Waals surface area contributed by atoms with Crippen molar-refractivity contribution in [1.82, 2.24) is 19.9 Å². The van der Waals surface area contributed by atoms with E-state index in [9.17, 15) is 5.11 Å². The van der Waals surface area contributed by atoms with Crippen LogP contribution in [0, 0.1) is 0 Å². The molecule has 30 heavy (non-hydrogen) atoms. The lowest BCUT2D eigenvalue weighted by Gasteiger charge is -2.35. The van der Waals surface area contributed by atoms with Crippen molar-refractivity contribution in [3.8, 4) is 0 Å². The second kappa shape index (κ2) is 8.54. The van der Waals surface area contributed by atoms with E-state index >= 15 is 0 Å². The van der Waals surface area contributed by atoms with Crippen molar-refractivity contribution in [2.75, 3.05) is 13.2 Å². The molecule has 1 aromatic carbocycles. The standard InChI is InChI=1S/C25H28N4O/c30-16-4-3-15-29(23-11-5-7-18-8-6-13-27-24(18)23)17-22-25-20(12-14-26-22)19-9-1-2-10-21(19)28-25/h1-2,6,8-10,12-14,23,28,30H,3-5,7,11,15-17H2/t23-/m0/s1. The highest BCUT2D eigenvalue weighted by molar-refractivity contribution is 6.07. The first-order valence-electron chi connectivity index (χ1n) is 11.0. The summed E-state index contributed by atoms with van der Waals surface area (Å²) in [5.74, 6) is 0. The van der Waals surface area contributed by atoms with E-state index in [1.807, 2.05) is 18.5 Å². The molecule has 0 bridgehead atoms. The van der Waals surface area contributed by atoms with Gasteiger partial charge in [-0.25, -0.2) is 0 Å². The van der Waals surface area contributed by atoms with Crippen LogP contribution in [0.4, 0.5) is 0 Å². The van der Waals surface area contributed by atoms with E-state index < -0.39 is 0 Å². The minimum Gasteiger partial charge on any atom is -0.396 e. The number of aliphatic hydroxyl groups is 1. The van der Waals surface area contributed by atoms with Crippen LogP contribution < -0.4 is 0 Å². The van der Waals surface area contributed by atoms with Crippen molar-refractivity contribution >= 4 is 21.8 Å². The average molecular weight is 401 g/mol. The van der Waals surface area contributed by atoms with Crippen molar-refractivity contribution in [2.45, 2.75) is 44.7 Å². The van der Waals surface area contributed by atoms with Crippen LogP contribution in [0.15, 0.2) is 54.9 Å². The molecule has 0 unspecified atom stereocenters. The molecule has 0 saturated heterocycles. The fraction of sp³-hybridized carbons (Fsp3) is 0.360. The van der Waals surface area contributed by atoms with Crippen molar-refractivity contribution in [3.05, 3.63) is 71.8 Å². The molecule has 5 nitrogen and oxygen atoms in total. The summed E-state index contributed by atoms with van der Waals surface area (Å²) in [4.78, 5) is 15.7. The highest BCUT2D eigenvalue weighted by atomic mass is 16.2. The Hall–Kier alpha value is -2.76. The summed E-state index contributed by atoms with van der Waals surface area (Å²) in [6.45, 7) is 1.94. The van der Waals surface area contributed by atoms with Gasteiger partial charge in [-0.1, -0.05) is 24.3 Å². The smallest absolute Gasteiger partial charge is 0.0784 e. The maximum absolute atomic E-state index is 9.31. The Morgan fingerprint density at radius 2 is 1.93 bits per heavy atom. The van der Waals surface area contributed by atoms with E-state index in [4.69, 9.17) is 9.97 Å². The highest BCUT2D eigenvalue weighted by Crippen LogP contribution is 2.35. The molecular weight excluding hydrogens is 372 g/mol. The zero-order valence-electron chi connectivity index (χ0n) is 17.2. The fourth-order valence-electron chi connectivity index (χ4n) is 4.86. The predicted molar refractivity (Wildman–Crippen MR) is 120 cm³/mol. The first kappa shape index (κ1) is 19.2. The van der Waals surface area contributed by atoms with Crippen LogP contribution in [0.25, 0.3) is 21.8 Å². The number of para-hydroxylation sites is 1. The number of nitrogens with zero attached hydrogens (tertiary/aromatic N) is 3. The van der Waals surface area contributed by atoms with E-state index in [2.05, 4.69) is 46.3 Å². The number of rotatable bonds is 7. The normalized spacial score (nSPS) is 16.4. The second-order valence-electron chi connectivity index (χ2n) is 8.21. The van der Waals surface area contributed by atoms with Crippen molar-refractivity contribution in [3.63, 3.8) is 0 Å². The third kappa shape index (κ3) is 3.59. The minimum absolute atomic E-state index is 0.239. The molecule has 0 saturated carbocycles. The van der Waals surface area contributed by atoms with Gasteiger partial charge in [0.2, 0.25) is 0 Å². The van der Waals surface area contributed by atoms with Gasteiger partial charge in [-0.2, -0.15) is 0 Å². The van der Waals surface area contributed by atoms with E-state index in [1.54, 1.807) is 0 Å². The molecule has 3 aromatic heterocycles. The topological polar surface area (TPSA) is 65.0 Å². The summed E-state index contributed by atoms with van der Waals surface area (Å²) < 4.78 is 0. The summed E-state index contributed by atoms with van der Waals surface area (Å²) in [5.41, 5.74) is 5.95. The van der Waals surface area contributed by atoms with Crippen LogP contribution in [-0.2, 0) is 13.0 Å². The molecule has 5 rings (SSSR count). The van der Waals surface area contributed by atoms with Crippen LogP contribution in [0.5, 0.6) is 0 Å². The molecule has 0 radical (unpaired) electrons. The van der Waals surface area contributed by atoms with Crippen LogP contribution >= 0.6 is 0 Å². The lowest BCUT2D eigenvalue weighted by atomic mass is 9.90. The van der Waals surface area contributed by atoms with E-state index in [0.717, 1.165) is 55.5 Å². The quantitative estimate of drug-likeness (QED) is 0.439. The van der Waals surface area contributed by atoms with E-state index in [0.29, 0.717) is 6.04 Å². The van der Waals surface area contributed by atoms with Crippen LogP contribution in [0.3, 0.4) is 0 Å². The Morgan fingerprint density at radius 3 is 2.87 bits per heavy atom. The van der Waals surface area contributed by atoms with Gasteiger partial charge >= 0.3 is 0 Å². The Balaban J connectivity index is 1.52. The maximum Gasteiger partial charge on any atom is 0.0784 e. The molecule has 2 N–H and O–H groups in total. The minimum atomic E-state index is 0.239. The maximum atomic E-state index is 9.31. The van der Waals surface area contributed by atoms with Crippen LogP contribution in [0.2, 0.25) is 0 Å². The summed E-state index contributed by atoms with van der Waals surface area (Å²) >= 11 is 0. The molecule has 1 aliphatic rings. The molecular formula is C25H28N4O. The summed E-state index contributed by atoms with van der Waals surface area (Å²) in [6, 6.07) is 15.1. The largest absolute Gasteiger partial charge is 0.396 e. The van der Waals surface area contributed by atoms with Gasteiger partial charge in [0.15, 0.2) is 0 Å². The average Bonchev–Trinajstić information content (AvgIpc) is 3.18. The summed E-state index contributed by atoms with van der Waals surface area (Å²) in [6.07, 6.45) is 9.05. The lowest BCUT2D eigenvalue weighted by molar-refractivity contribution is 0.156. The van der Waals surface area contributed by atoms with Gasteiger partial charge in [0.05, 0.1) is 22.9 Å². The number of H-pyrrole nitrogens is 1. The Kier molecular flexibility index (Phi) is 5.47. The molecule has 1 atom stereocenters. The number of nitrogens with one attached hydrogen (secondary N) is 1. The van der Waals surface area contributed by atoms with E-state index in [1.165, 1.54) is 28.5 Å². The number of hydrogen-bond donors (Lipinski definition) is 2. The van der Waals surface area contributed by atoms with Gasteiger partial charge in [0.1, 0.15) is 0 Å². The molecule has 154 valence electrons. The van der Waals surface area contributed by atoms with Crippen LogP contribution in [-0.4, -0.2) is 38.1 Å². The number of hydrogen-bond acceptors (Lipinski definition) is 4. The van der Waals surface area contributed by atoms with Gasteiger partial charge in [0.25, 0.3) is 0 Å². The molecule has 1 aliphatic carbocycles. The van der Waals surface area contributed by atoms with Crippen molar-refractivity contribution in [2.24, 2.45) is 0 Å². The number of pyridine rings is 2. The first-order valence-corrected chi connectivity index (χ1v) is 11.0. The highest BCUT2D eigenvalue weighted by Gasteiger charge is 2.27. The van der Waals surface area contributed by atoms with Crippen LogP contribution in [0.1, 0.15) is 48.7 Å². The summed E-state index contributed by atoms with van der Waals surface area (Å²) in [7, 11) is 0. The monoisotopic (exact) mass is 400 g/mol. The van der Waals surface area contributed by atoms with Gasteiger partial charge in [0, 0.05) is 41.8 Å². The lowest BCUT2D eigenvalue weighted by Crippen LogP contribution is -2.33. The second-order valence-corrected chi connectivity index (χ2v) is 8.21. The van der Waals surface area contributed by atoms with Gasteiger partial charge < -0.3 is 10.1 Å². The number of benzene rings is 1. The zero-order valence-corrected chi connectivity index (χ0v) is 17.2. The fourth-order valence-corrected chi connectivity index (χ4v) is 4.86. The SMILES string of the molecule is OCCCCN(Cc1nccc2c1[nH]c1ccccc12)[C@H]1CCCc2cccnc21. The summed E-state index contributed by atoms with van der Waals surface area (Å²) in [5, 5.41) is 11.8. The molecule has 3 heterocycles. The third-order valence-electron chi connectivity index (χ3n) is 6.32. The predicted octanol–water partition coefficient (Wildman–Crippen LogP) is 4.76. The number of aliphatic hydroxyl groups excluding tert-OH is 1. The van der Waals surface area contributed by atoms with Gasteiger partial charge in [-0.3, -0.25) is 14.9 Å². The number of aryl methyl sites for hydroxylation is 1. The molecule has 0 fully saturated rings. The zero-order chi connectivity index (χ0) is 20.3. The molecule has 0 amide bonds. The van der Waals surface area contributed by atoms with Crippen molar-refractivity contribution < 1.29 is 5.11 Å². The van der Waals surface area contributed by atoms with Crippen molar-refractivity contribution in [1.29, 1.82) is 0 Å².